The number of amides is 1. The van der Waals surface area contributed by atoms with Crippen molar-refractivity contribution >= 4 is 5.91 Å². The van der Waals surface area contributed by atoms with E-state index in [2.05, 4.69) is 5.16 Å². The third-order valence-electron chi connectivity index (χ3n) is 6.38. The molecule has 2 aliphatic heterocycles. The normalized spacial score (nSPS) is 22.1. The van der Waals surface area contributed by atoms with E-state index >= 15 is 0 Å². The van der Waals surface area contributed by atoms with Gasteiger partial charge in [-0.2, -0.15) is 4.98 Å². The van der Waals surface area contributed by atoms with Crippen LogP contribution in [0.4, 0.5) is 4.39 Å². The molecule has 0 bridgehead atoms. The van der Waals surface area contributed by atoms with Gasteiger partial charge in [0.15, 0.2) is 12.4 Å². The van der Waals surface area contributed by atoms with Crippen LogP contribution >= 0.6 is 0 Å². The fourth-order valence-corrected chi connectivity index (χ4v) is 4.47. The molecule has 1 amide bonds. The fraction of sp³-hybridized carbons (Fsp3) is 0.609. The smallest absolute Gasteiger partial charge is 0.260 e. The average molecular weight is 448 g/mol. The van der Waals surface area contributed by atoms with Crippen molar-refractivity contribution in [2.75, 3.05) is 46.6 Å². The van der Waals surface area contributed by atoms with E-state index in [1.165, 1.54) is 24.3 Å². The number of methoxy groups -OCH3 is 1. The predicted octanol–water partition coefficient (Wildman–Crippen LogP) is 3.08. The number of piperidine rings is 1. The first-order valence-corrected chi connectivity index (χ1v) is 11.2. The number of ether oxygens (including phenoxy) is 3. The summed E-state index contributed by atoms with van der Waals surface area (Å²) >= 11 is 0. The van der Waals surface area contributed by atoms with Gasteiger partial charge in [-0.3, -0.25) is 4.79 Å². The molecule has 174 valence electrons. The standard InChI is InChI=1S/C23H30FN3O5/c1-29-14-10-23(22-25-21(32-26-22)17-7-12-30-13-8-17)9-2-11-27(16-23)20(28)15-31-19-5-3-18(24)4-6-19/h3-6,17H,2,7-16H2,1H3. The Hall–Kier alpha value is -2.52. The number of rotatable bonds is 8. The van der Waals surface area contributed by atoms with Crippen LogP contribution in [0.1, 0.15) is 49.7 Å². The van der Waals surface area contributed by atoms with Crippen LogP contribution in [0.25, 0.3) is 0 Å². The Balaban J connectivity index is 1.46. The Labute approximate surface area is 187 Å². The highest BCUT2D eigenvalue weighted by molar-refractivity contribution is 5.78. The molecule has 0 N–H and O–H groups in total. The first-order chi connectivity index (χ1) is 15.6. The lowest BCUT2D eigenvalue weighted by Crippen LogP contribution is -2.50. The monoisotopic (exact) mass is 447 g/mol. The Morgan fingerprint density at radius 1 is 1.28 bits per heavy atom. The lowest BCUT2D eigenvalue weighted by molar-refractivity contribution is -0.136. The number of likely N-dealkylation sites (tertiary alicyclic amines) is 1. The third kappa shape index (κ3) is 5.27. The van der Waals surface area contributed by atoms with Gasteiger partial charge >= 0.3 is 0 Å². The zero-order valence-corrected chi connectivity index (χ0v) is 18.4. The fourth-order valence-electron chi connectivity index (χ4n) is 4.47. The van der Waals surface area contributed by atoms with Gasteiger partial charge in [-0.25, -0.2) is 4.39 Å². The molecular weight excluding hydrogens is 417 g/mol. The predicted molar refractivity (Wildman–Crippen MR) is 113 cm³/mol. The van der Waals surface area contributed by atoms with E-state index in [-0.39, 0.29) is 24.2 Å². The molecule has 2 aliphatic rings. The summed E-state index contributed by atoms with van der Waals surface area (Å²) in [6.45, 7) is 2.96. The minimum absolute atomic E-state index is 0.106. The highest BCUT2D eigenvalue weighted by Crippen LogP contribution is 2.37. The second-order valence-corrected chi connectivity index (χ2v) is 8.53. The van der Waals surface area contributed by atoms with Crippen LogP contribution in [0.3, 0.4) is 0 Å². The Morgan fingerprint density at radius 3 is 2.81 bits per heavy atom. The van der Waals surface area contributed by atoms with E-state index in [1.54, 1.807) is 12.0 Å². The molecule has 2 fully saturated rings. The van der Waals surface area contributed by atoms with Crippen molar-refractivity contribution in [3.8, 4) is 5.75 Å². The van der Waals surface area contributed by atoms with Gasteiger partial charge in [-0.1, -0.05) is 5.16 Å². The van der Waals surface area contributed by atoms with E-state index in [0.717, 1.165) is 25.7 Å². The molecule has 0 spiro atoms. The van der Waals surface area contributed by atoms with Crippen molar-refractivity contribution in [3.05, 3.63) is 41.8 Å². The molecule has 8 nitrogen and oxygen atoms in total. The summed E-state index contributed by atoms with van der Waals surface area (Å²) in [6, 6.07) is 5.64. The highest BCUT2D eigenvalue weighted by Gasteiger charge is 2.42. The summed E-state index contributed by atoms with van der Waals surface area (Å²) in [5.41, 5.74) is -0.424. The maximum absolute atomic E-state index is 13.1. The summed E-state index contributed by atoms with van der Waals surface area (Å²) in [4.78, 5) is 19.5. The summed E-state index contributed by atoms with van der Waals surface area (Å²) in [5.74, 6) is 1.51. The number of carbonyl (C=O) groups is 1. The first-order valence-electron chi connectivity index (χ1n) is 11.2. The molecule has 0 aliphatic carbocycles. The summed E-state index contributed by atoms with van der Waals surface area (Å²) in [7, 11) is 1.67. The zero-order valence-electron chi connectivity index (χ0n) is 18.4. The lowest BCUT2D eigenvalue weighted by atomic mass is 9.76. The van der Waals surface area contributed by atoms with Crippen molar-refractivity contribution < 1.29 is 27.9 Å². The van der Waals surface area contributed by atoms with Gasteiger partial charge in [0.25, 0.3) is 5.91 Å². The number of carbonyl (C=O) groups excluding carboxylic acids is 1. The molecule has 1 aromatic heterocycles. The Bertz CT molecular complexity index is 884. The lowest BCUT2D eigenvalue weighted by Gasteiger charge is -2.40. The number of benzene rings is 1. The van der Waals surface area contributed by atoms with Crippen LogP contribution < -0.4 is 4.74 Å². The molecule has 4 rings (SSSR count). The largest absolute Gasteiger partial charge is 0.484 e. The second kappa shape index (κ2) is 10.4. The van der Waals surface area contributed by atoms with Crippen LogP contribution in [0, 0.1) is 5.82 Å². The molecule has 1 aromatic carbocycles. The van der Waals surface area contributed by atoms with Gasteiger partial charge in [0.2, 0.25) is 5.89 Å². The van der Waals surface area contributed by atoms with Crippen LogP contribution in [0.15, 0.2) is 28.8 Å². The number of halogens is 1. The summed E-state index contributed by atoms with van der Waals surface area (Å²) in [5, 5.41) is 4.35. The number of nitrogens with zero attached hydrogens (tertiary/aromatic N) is 3. The van der Waals surface area contributed by atoms with Gasteiger partial charge in [0.05, 0.1) is 5.41 Å². The topological polar surface area (TPSA) is 86.9 Å². The second-order valence-electron chi connectivity index (χ2n) is 8.53. The van der Waals surface area contributed by atoms with E-state index in [4.69, 9.17) is 23.7 Å². The molecule has 0 saturated carbocycles. The van der Waals surface area contributed by atoms with E-state index < -0.39 is 5.41 Å². The van der Waals surface area contributed by atoms with Crippen molar-refractivity contribution in [3.63, 3.8) is 0 Å². The van der Waals surface area contributed by atoms with Crippen molar-refractivity contribution in [2.24, 2.45) is 0 Å². The van der Waals surface area contributed by atoms with E-state index in [0.29, 0.717) is 56.8 Å². The molecule has 3 heterocycles. The number of hydrogen-bond acceptors (Lipinski definition) is 7. The Morgan fingerprint density at radius 2 is 2.06 bits per heavy atom. The Kier molecular flexibility index (Phi) is 7.36. The molecular formula is C23H30FN3O5. The van der Waals surface area contributed by atoms with Gasteiger partial charge in [0.1, 0.15) is 11.6 Å². The molecule has 9 heteroatoms. The molecule has 32 heavy (non-hydrogen) atoms. The first kappa shape index (κ1) is 22.7. The molecule has 2 aromatic rings. The van der Waals surface area contributed by atoms with Gasteiger partial charge in [-0.15, -0.1) is 0 Å². The molecule has 2 saturated heterocycles. The maximum atomic E-state index is 13.1. The van der Waals surface area contributed by atoms with Crippen LogP contribution in [-0.4, -0.2) is 67.6 Å². The van der Waals surface area contributed by atoms with Gasteiger partial charge < -0.3 is 23.6 Å². The third-order valence-corrected chi connectivity index (χ3v) is 6.38. The summed E-state index contributed by atoms with van der Waals surface area (Å²) in [6.07, 6.45) is 4.12. The summed E-state index contributed by atoms with van der Waals surface area (Å²) < 4.78 is 35.1. The minimum Gasteiger partial charge on any atom is -0.484 e. The van der Waals surface area contributed by atoms with Crippen LogP contribution in [-0.2, 0) is 19.7 Å². The van der Waals surface area contributed by atoms with Crippen molar-refractivity contribution in [1.82, 2.24) is 15.0 Å². The maximum Gasteiger partial charge on any atom is 0.260 e. The van der Waals surface area contributed by atoms with Gasteiger partial charge in [0, 0.05) is 45.9 Å². The van der Waals surface area contributed by atoms with E-state index in [9.17, 15) is 9.18 Å². The quantitative estimate of drug-likeness (QED) is 0.615. The van der Waals surface area contributed by atoms with Crippen molar-refractivity contribution in [2.45, 2.75) is 43.4 Å². The average Bonchev–Trinajstić information content (AvgIpc) is 3.34. The SMILES string of the molecule is COCCC1(c2noc(C3CCOCC3)n2)CCCN(C(=O)COc2ccc(F)cc2)C1. The number of hydrogen-bond donors (Lipinski definition) is 0. The van der Waals surface area contributed by atoms with E-state index in [1.807, 2.05) is 0 Å². The van der Waals surface area contributed by atoms with Crippen molar-refractivity contribution in [1.29, 1.82) is 0 Å². The minimum atomic E-state index is -0.424. The zero-order chi connectivity index (χ0) is 22.4. The molecule has 1 unspecified atom stereocenters. The molecule has 0 radical (unpaired) electrons. The van der Waals surface area contributed by atoms with Crippen LogP contribution in [0.2, 0.25) is 0 Å². The molecule has 1 atom stereocenters. The number of aromatic nitrogens is 2. The highest BCUT2D eigenvalue weighted by atomic mass is 19.1. The van der Waals surface area contributed by atoms with Gasteiger partial charge in [-0.05, 0) is 56.4 Å². The van der Waals surface area contributed by atoms with Crippen LogP contribution in [0.5, 0.6) is 5.75 Å².